The summed E-state index contributed by atoms with van der Waals surface area (Å²) in [6.45, 7) is 0. The molecule has 0 bridgehead atoms. The lowest BCUT2D eigenvalue weighted by atomic mass is 11.3. The van der Waals surface area contributed by atoms with Gasteiger partial charge in [-0.1, -0.05) is 0 Å². The highest BCUT2D eigenvalue weighted by atomic mass is 16.7. The highest BCUT2D eigenvalue weighted by Crippen LogP contribution is 1.57. The summed E-state index contributed by atoms with van der Waals surface area (Å²) in [6, 6.07) is 0. The molecule has 0 atom stereocenters. The second-order valence-corrected chi connectivity index (χ2v) is 0.492. The first kappa shape index (κ1) is 5.19. The van der Waals surface area contributed by atoms with Crippen LogP contribution in [0.25, 0.3) is 0 Å². The van der Waals surface area contributed by atoms with Crippen LogP contribution in [0.3, 0.4) is 0 Å². The smallest absolute Gasteiger partial charge is 0.333 e. The first-order valence-electron chi connectivity index (χ1n) is 1.08. The average molecular weight is 88.0 g/mol. The Morgan fingerprint density at radius 1 is 2.00 bits per heavy atom. The zero-order valence-electron chi connectivity index (χ0n) is 2.79. The Balaban J connectivity index is 2.83. The number of hydrogen-bond acceptors (Lipinski definition) is 2. The molecule has 0 rings (SSSR count). The van der Waals surface area contributed by atoms with Crippen LogP contribution in [0.2, 0.25) is 0 Å². The molecular weight excluding hydrogens is 86.0 g/mol. The average Bonchev–Trinajstić information content (AvgIpc) is 1.35. The van der Waals surface area contributed by atoms with Crippen LogP contribution in [-0.4, -0.2) is 6.09 Å². The molecule has 1 amide bonds. The molecule has 0 spiro atoms. The minimum atomic E-state index is -1.13. The molecule has 0 aliphatic carbocycles. The number of carbonyl (C=O) groups excluding carboxylic acids is 1. The summed E-state index contributed by atoms with van der Waals surface area (Å²) in [6.07, 6.45) is -1.13. The van der Waals surface area contributed by atoms with Crippen LogP contribution >= 0.6 is 0 Å². The van der Waals surface area contributed by atoms with Gasteiger partial charge in [-0.2, -0.15) is 0 Å². The molecule has 6 heavy (non-hydrogen) atoms. The van der Waals surface area contributed by atoms with E-state index in [4.69, 9.17) is 5.84 Å². The third-order valence-corrected chi connectivity index (χ3v) is 0.131. The van der Waals surface area contributed by atoms with Crippen molar-refractivity contribution in [1.82, 2.24) is 11.4 Å². The SMILES string of the molecule is [N][N]OC(N)=O. The summed E-state index contributed by atoms with van der Waals surface area (Å²) >= 11 is 0. The van der Waals surface area contributed by atoms with Gasteiger partial charge in [-0.3, -0.25) is 0 Å². The van der Waals surface area contributed by atoms with Gasteiger partial charge in [-0.25, -0.2) is 4.79 Å². The van der Waals surface area contributed by atoms with Gasteiger partial charge in [0.1, 0.15) is 0 Å². The van der Waals surface area contributed by atoms with Crippen LogP contribution in [0.4, 0.5) is 4.79 Å². The Labute approximate surface area is 34.2 Å². The highest BCUT2D eigenvalue weighted by molar-refractivity contribution is 5.64. The zero-order valence-corrected chi connectivity index (χ0v) is 2.79. The van der Waals surface area contributed by atoms with Crippen LogP contribution < -0.4 is 17.2 Å². The van der Waals surface area contributed by atoms with Gasteiger partial charge in [-0.15, -0.1) is 0 Å². The quantitative estimate of drug-likeness (QED) is 0.399. The Hall–Kier alpha value is -0.810. The van der Waals surface area contributed by atoms with Gasteiger partial charge in [0.15, 0.2) is 0 Å². The Morgan fingerprint density at radius 3 is 2.50 bits per heavy atom. The molecule has 3 radical (unpaired) electrons. The highest BCUT2D eigenvalue weighted by Gasteiger charge is 1.86. The van der Waals surface area contributed by atoms with Crippen LogP contribution in [0.5, 0.6) is 0 Å². The number of amides is 1. The summed E-state index contributed by atoms with van der Waals surface area (Å²) in [5.74, 6) is 7.34. The molecule has 0 unspecified atom stereocenters. The van der Waals surface area contributed by atoms with Gasteiger partial charge in [-0.05, 0) is 0 Å². The van der Waals surface area contributed by atoms with Crippen LogP contribution in [0.15, 0.2) is 0 Å². The maximum absolute atomic E-state index is 9.35. The predicted molar refractivity (Wildman–Crippen MR) is 14.9 cm³/mol. The predicted octanol–water partition coefficient (Wildman–Crippen LogP) is -1.42. The lowest BCUT2D eigenvalue weighted by Crippen LogP contribution is -2.17. The standard InChI is InChI=1S/CH2N3O2/c2-1(5)6-4-3/h(H2,2,5). The number of hydrogen-bond donors (Lipinski definition) is 1. The first-order chi connectivity index (χ1) is 2.77. The number of carbonyl (C=O) groups is 1. The molecular formula is CH2N3O2. The van der Waals surface area contributed by atoms with Crippen LogP contribution in [-0.2, 0) is 4.84 Å². The first-order valence-corrected chi connectivity index (χ1v) is 1.08. The maximum atomic E-state index is 9.35. The fraction of sp³-hybridized carbons (Fsp3) is 0. The molecule has 0 heterocycles. The summed E-state index contributed by atoms with van der Waals surface area (Å²) in [4.78, 5) is 12.7. The third kappa shape index (κ3) is 3.19. The topological polar surface area (TPSA) is 88.7 Å². The number of nitrogens with two attached hydrogens (primary N) is 1. The summed E-state index contributed by atoms with van der Waals surface area (Å²) < 4.78 is 0. The van der Waals surface area contributed by atoms with Crippen molar-refractivity contribution >= 4 is 6.09 Å². The Kier molecular flexibility index (Phi) is 2.10. The van der Waals surface area contributed by atoms with E-state index in [0.29, 0.717) is 0 Å². The van der Waals surface area contributed by atoms with E-state index in [1.807, 2.05) is 5.59 Å². The monoisotopic (exact) mass is 88.0 g/mol. The van der Waals surface area contributed by atoms with E-state index in [0.717, 1.165) is 0 Å². The molecule has 5 heteroatoms. The molecule has 5 nitrogen and oxygen atoms in total. The van der Waals surface area contributed by atoms with E-state index in [2.05, 4.69) is 10.6 Å². The summed E-state index contributed by atoms with van der Waals surface area (Å²) in [5.41, 5.74) is 6.25. The maximum Gasteiger partial charge on any atom is 0.426 e. The molecule has 0 aliphatic rings. The van der Waals surface area contributed by atoms with Crippen molar-refractivity contribution in [3.05, 3.63) is 0 Å². The van der Waals surface area contributed by atoms with E-state index in [-0.39, 0.29) is 0 Å². The normalized spacial score (nSPS) is 7.50. The van der Waals surface area contributed by atoms with E-state index < -0.39 is 6.09 Å². The van der Waals surface area contributed by atoms with Gasteiger partial charge in [0, 0.05) is 5.84 Å². The molecule has 0 saturated carbocycles. The molecule has 0 saturated heterocycles. The number of nitrogens with zero attached hydrogens (tertiary/aromatic N) is 2. The lowest BCUT2D eigenvalue weighted by molar-refractivity contribution is 0.0880. The van der Waals surface area contributed by atoms with Gasteiger partial charge >= 0.3 is 6.09 Å². The number of primary amides is 1. The van der Waals surface area contributed by atoms with Crippen LogP contribution in [0.1, 0.15) is 0 Å². The third-order valence-electron chi connectivity index (χ3n) is 0.131. The minimum absolute atomic E-state index is 1.13. The lowest BCUT2D eigenvalue weighted by Gasteiger charge is -1.82. The molecule has 0 aliphatic heterocycles. The molecule has 0 aromatic carbocycles. The molecule has 0 fully saturated rings. The van der Waals surface area contributed by atoms with Gasteiger partial charge in [0.05, 0.1) is 5.59 Å². The largest absolute Gasteiger partial charge is 0.426 e. The Morgan fingerprint density at radius 2 is 2.50 bits per heavy atom. The second kappa shape index (κ2) is 2.43. The molecule has 2 N–H and O–H groups in total. The van der Waals surface area contributed by atoms with Crippen molar-refractivity contribution in [1.29, 1.82) is 0 Å². The van der Waals surface area contributed by atoms with Gasteiger partial charge < -0.3 is 10.6 Å². The fourth-order valence-electron chi connectivity index (χ4n) is 0.0402. The zero-order chi connectivity index (χ0) is 4.99. The van der Waals surface area contributed by atoms with Crippen molar-refractivity contribution in [3.8, 4) is 0 Å². The van der Waals surface area contributed by atoms with Gasteiger partial charge in [0.2, 0.25) is 0 Å². The summed E-state index contributed by atoms with van der Waals surface area (Å²) in [5, 5.41) is 0. The Bertz CT molecular complexity index is 52.8. The molecule has 33 valence electrons. The van der Waals surface area contributed by atoms with E-state index in [9.17, 15) is 4.79 Å². The van der Waals surface area contributed by atoms with Crippen molar-refractivity contribution in [3.63, 3.8) is 0 Å². The summed E-state index contributed by atoms with van der Waals surface area (Å²) in [7, 11) is 0. The van der Waals surface area contributed by atoms with E-state index >= 15 is 0 Å². The van der Waals surface area contributed by atoms with Gasteiger partial charge in [0.25, 0.3) is 0 Å². The molecule has 0 aromatic rings. The van der Waals surface area contributed by atoms with Crippen molar-refractivity contribution in [2.24, 2.45) is 5.73 Å². The fourth-order valence-corrected chi connectivity index (χ4v) is 0.0402. The second-order valence-electron chi connectivity index (χ2n) is 0.492. The minimum Gasteiger partial charge on any atom is -0.333 e. The van der Waals surface area contributed by atoms with Crippen molar-refractivity contribution < 1.29 is 9.63 Å². The van der Waals surface area contributed by atoms with Crippen LogP contribution in [0, 0.1) is 0 Å². The van der Waals surface area contributed by atoms with Crippen molar-refractivity contribution in [2.45, 2.75) is 0 Å². The number of rotatable bonds is 1. The molecule has 0 aromatic heterocycles. The van der Waals surface area contributed by atoms with E-state index in [1.165, 1.54) is 0 Å². The van der Waals surface area contributed by atoms with Crippen molar-refractivity contribution in [2.75, 3.05) is 0 Å². The van der Waals surface area contributed by atoms with E-state index in [1.54, 1.807) is 0 Å².